The van der Waals surface area contributed by atoms with Crippen LogP contribution in [-0.4, -0.2) is 57.9 Å². The molecular formula is C29H35N3O5S. The lowest BCUT2D eigenvalue weighted by Crippen LogP contribution is -2.52. The minimum absolute atomic E-state index is 0.0493. The highest BCUT2D eigenvalue weighted by molar-refractivity contribution is 7.92. The molecule has 0 saturated heterocycles. The third kappa shape index (κ3) is 6.92. The smallest absolute Gasteiger partial charge is 0.264 e. The molecule has 1 N–H and O–H groups in total. The summed E-state index contributed by atoms with van der Waals surface area (Å²) in [6, 6.07) is 23.6. The lowest BCUT2D eigenvalue weighted by Gasteiger charge is -2.33. The number of amides is 2. The van der Waals surface area contributed by atoms with Gasteiger partial charge in [0.05, 0.1) is 17.2 Å². The zero-order valence-electron chi connectivity index (χ0n) is 22.0. The molecule has 3 aromatic carbocycles. The van der Waals surface area contributed by atoms with Crippen molar-refractivity contribution in [2.75, 3.05) is 31.0 Å². The quantitative estimate of drug-likeness (QED) is 0.357. The molecule has 0 spiro atoms. The molecule has 8 nitrogen and oxygen atoms in total. The van der Waals surface area contributed by atoms with Gasteiger partial charge in [-0.2, -0.15) is 0 Å². The van der Waals surface area contributed by atoms with E-state index in [1.807, 2.05) is 37.3 Å². The van der Waals surface area contributed by atoms with Gasteiger partial charge in [-0.1, -0.05) is 67.6 Å². The van der Waals surface area contributed by atoms with Crippen molar-refractivity contribution in [2.45, 2.75) is 37.6 Å². The Morgan fingerprint density at radius 1 is 0.895 bits per heavy atom. The molecule has 0 aliphatic carbocycles. The van der Waals surface area contributed by atoms with Gasteiger partial charge in [-0.25, -0.2) is 8.42 Å². The maximum atomic E-state index is 13.9. The Morgan fingerprint density at radius 3 is 2.11 bits per heavy atom. The van der Waals surface area contributed by atoms with Crippen LogP contribution in [0.15, 0.2) is 89.8 Å². The minimum atomic E-state index is -4.14. The average Bonchev–Trinajstić information content (AvgIpc) is 2.95. The van der Waals surface area contributed by atoms with Crippen LogP contribution in [0, 0.1) is 0 Å². The molecule has 3 aromatic rings. The van der Waals surface area contributed by atoms with Gasteiger partial charge < -0.3 is 15.0 Å². The standard InChI is InChI=1S/C29H35N3O5S/c1-4-25(29(34)30-3)31(21-20-23-14-8-6-9-15-23)28(33)22-32(26-18-12-13-19-27(26)37-5-2)38(35,36)24-16-10-7-11-17-24/h6-19,25H,4-5,20-22H2,1-3H3,(H,30,34). The topological polar surface area (TPSA) is 96.0 Å². The Labute approximate surface area is 225 Å². The van der Waals surface area contributed by atoms with E-state index in [-0.39, 0.29) is 23.0 Å². The first-order chi connectivity index (χ1) is 18.3. The second-order valence-electron chi connectivity index (χ2n) is 8.59. The summed E-state index contributed by atoms with van der Waals surface area (Å²) in [4.78, 5) is 28.2. The molecule has 2 amide bonds. The summed E-state index contributed by atoms with van der Waals surface area (Å²) in [6.45, 7) is 3.71. The Kier molecular flexibility index (Phi) is 10.3. The lowest BCUT2D eigenvalue weighted by molar-refractivity contribution is -0.139. The number of benzene rings is 3. The van der Waals surface area contributed by atoms with E-state index < -0.39 is 28.5 Å². The Bertz CT molecular complexity index is 1300. The molecule has 0 bridgehead atoms. The zero-order valence-corrected chi connectivity index (χ0v) is 22.9. The molecule has 1 atom stereocenters. The highest BCUT2D eigenvalue weighted by Gasteiger charge is 2.34. The van der Waals surface area contributed by atoms with Gasteiger partial charge in [-0.3, -0.25) is 13.9 Å². The predicted molar refractivity (Wildman–Crippen MR) is 149 cm³/mol. The van der Waals surface area contributed by atoms with Crippen LogP contribution in [0.5, 0.6) is 5.75 Å². The fourth-order valence-corrected chi connectivity index (χ4v) is 5.68. The molecule has 0 heterocycles. The van der Waals surface area contributed by atoms with E-state index >= 15 is 0 Å². The van der Waals surface area contributed by atoms with Crippen LogP contribution < -0.4 is 14.4 Å². The molecule has 3 rings (SSSR count). The number of nitrogens with zero attached hydrogens (tertiary/aromatic N) is 2. The van der Waals surface area contributed by atoms with Crippen molar-refractivity contribution in [1.29, 1.82) is 0 Å². The summed E-state index contributed by atoms with van der Waals surface area (Å²) in [7, 11) is -2.62. The highest BCUT2D eigenvalue weighted by atomic mass is 32.2. The molecule has 0 aliphatic rings. The summed E-state index contributed by atoms with van der Waals surface area (Å²) in [5.74, 6) is -0.445. The van der Waals surface area contributed by atoms with Crippen molar-refractivity contribution >= 4 is 27.5 Å². The largest absolute Gasteiger partial charge is 0.492 e. The number of nitrogens with one attached hydrogen (secondary N) is 1. The third-order valence-electron chi connectivity index (χ3n) is 6.16. The van der Waals surface area contributed by atoms with E-state index in [9.17, 15) is 18.0 Å². The summed E-state index contributed by atoms with van der Waals surface area (Å²) < 4.78 is 34.5. The number of sulfonamides is 1. The number of likely N-dealkylation sites (N-methyl/N-ethyl adjacent to an activating group) is 1. The van der Waals surface area contributed by atoms with Gasteiger partial charge >= 0.3 is 0 Å². The van der Waals surface area contributed by atoms with Crippen LogP contribution >= 0.6 is 0 Å². The summed E-state index contributed by atoms with van der Waals surface area (Å²) in [6.07, 6.45) is 0.891. The molecule has 0 radical (unpaired) electrons. The molecule has 9 heteroatoms. The van der Waals surface area contributed by atoms with Crippen molar-refractivity contribution in [3.05, 3.63) is 90.5 Å². The van der Waals surface area contributed by atoms with Gasteiger partial charge in [0.1, 0.15) is 18.3 Å². The van der Waals surface area contributed by atoms with E-state index in [0.29, 0.717) is 25.2 Å². The second-order valence-corrected chi connectivity index (χ2v) is 10.4. The number of rotatable bonds is 13. The minimum Gasteiger partial charge on any atom is -0.492 e. The maximum Gasteiger partial charge on any atom is 0.264 e. The van der Waals surface area contributed by atoms with Crippen LogP contribution in [0.3, 0.4) is 0 Å². The van der Waals surface area contributed by atoms with Crippen LogP contribution in [-0.2, 0) is 26.0 Å². The number of hydrogen-bond acceptors (Lipinski definition) is 5. The van der Waals surface area contributed by atoms with Crippen molar-refractivity contribution in [2.24, 2.45) is 0 Å². The first kappa shape index (κ1) is 28.7. The fraction of sp³-hybridized carbons (Fsp3) is 0.310. The number of carbonyl (C=O) groups is 2. The maximum absolute atomic E-state index is 13.9. The third-order valence-corrected chi connectivity index (χ3v) is 7.93. The molecule has 202 valence electrons. The van der Waals surface area contributed by atoms with Gasteiger partial charge in [0.25, 0.3) is 10.0 Å². The van der Waals surface area contributed by atoms with Crippen molar-refractivity contribution in [1.82, 2.24) is 10.2 Å². The first-order valence-electron chi connectivity index (χ1n) is 12.7. The van der Waals surface area contributed by atoms with Gasteiger partial charge in [0.2, 0.25) is 11.8 Å². The lowest BCUT2D eigenvalue weighted by atomic mass is 10.1. The average molecular weight is 538 g/mol. The Hall–Kier alpha value is -3.85. The second kappa shape index (κ2) is 13.6. The van der Waals surface area contributed by atoms with E-state index in [4.69, 9.17) is 4.74 Å². The molecular weight excluding hydrogens is 502 g/mol. The first-order valence-corrected chi connectivity index (χ1v) is 14.1. The van der Waals surface area contributed by atoms with Crippen molar-refractivity contribution < 1.29 is 22.7 Å². The molecule has 1 unspecified atom stereocenters. The normalized spacial score (nSPS) is 11.9. The number of carbonyl (C=O) groups excluding carboxylic acids is 2. The van der Waals surface area contributed by atoms with Gasteiger partial charge in [-0.05, 0) is 49.6 Å². The van der Waals surface area contributed by atoms with Crippen LogP contribution in [0.1, 0.15) is 25.8 Å². The number of hydrogen-bond donors (Lipinski definition) is 1. The summed E-state index contributed by atoms with van der Waals surface area (Å²) in [5.41, 5.74) is 1.26. The van der Waals surface area contributed by atoms with Crippen LogP contribution in [0.25, 0.3) is 0 Å². The summed E-state index contributed by atoms with van der Waals surface area (Å²) >= 11 is 0. The molecule has 0 saturated carbocycles. The van der Waals surface area contributed by atoms with Gasteiger partial charge in [0, 0.05) is 13.6 Å². The van der Waals surface area contributed by atoms with Crippen LogP contribution in [0.2, 0.25) is 0 Å². The SMILES string of the molecule is CCOc1ccccc1N(CC(=O)N(CCc1ccccc1)C(CC)C(=O)NC)S(=O)(=O)c1ccccc1. The molecule has 0 aromatic heterocycles. The number of anilines is 1. The van der Waals surface area contributed by atoms with E-state index in [2.05, 4.69) is 5.32 Å². The van der Waals surface area contributed by atoms with Gasteiger partial charge in [-0.15, -0.1) is 0 Å². The van der Waals surface area contributed by atoms with Gasteiger partial charge in [0.15, 0.2) is 0 Å². The Morgan fingerprint density at radius 2 is 1.50 bits per heavy atom. The molecule has 0 aliphatic heterocycles. The molecule has 0 fully saturated rings. The highest BCUT2D eigenvalue weighted by Crippen LogP contribution is 2.32. The zero-order chi connectivity index (χ0) is 27.5. The number of ether oxygens (including phenoxy) is 1. The van der Waals surface area contributed by atoms with Crippen molar-refractivity contribution in [3.8, 4) is 5.75 Å². The van der Waals surface area contributed by atoms with Crippen molar-refractivity contribution in [3.63, 3.8) is 0 Å². The monoisotopic (exact) mass is 537 g/mol. The summed E-state index contributed by atoms with van der Waals surface area (Å²) in [5, 5.41) is 2.63. The van der Waals surface area contributed by atoms with Crippen LogP contribution in [0.4, 0.5) is 5.69 Å². The predicted octanol–water partition coefficient (Wildman–Crippen LogP) is 3.88. The molecule has 38 heavy (non-hydrogen) atoms. The fourth-order valence-electron chi connectivity index (χ4n) is 4.24. The van der Waals surface area contributed by atoms with E-state index in [0.717, 1.165) is 9.87 Å². The van der Waals surface area contributed by atoms with E-state index in [1.54, 1.807) is 49.4 Å². The Balaban J connectivity index is 2.04. The number of para-hydroxylation sites is 2. The van der Waals surface area contributed by atoms with E-state index in [1.165, 1.54) is 24.1 Å².